The molecule has 0 spiro atoms. The molecule has 0 aliphatic carbocycles. The maximum absolute atomic E-state index is 8.58. The van der Waals surface area contributed by atoms with Crippen LogP contribution in [0.1, 0.15) is 18.5 Å². The minimum absolute atomic E-state index is 0.171. The van der Waals surface area contributed by atoms with Crippen LogP contribution in [0.2, 0.25) is 0 Å². The highest BCUT2D eigenvalue weighted by atomic mass is 16.3. The van der Waals surface area contributed by atoms with Gasteiger partial charge in [0.15, 0.2) is 0 Å². The number of nitrogens with zero attached hydrogens (tertiary/aromatic N) is 1. The topological polar surface area (TPSA) is 45.1 Å². The minimum Gasteiger partial charge on any atom is -0.395 e. The molecule has 0 saturated heterocycles. The van der Waals surface area contributed by atoms with Crippen LogP contribution in [0.25, 0.3) is 0 Å². The Labute approximate surface area is 72.5 Å². The van der Waals surface area contributed by atoms with Crippen molar-refractivity contribution in [2.24, 2.45) is 0 Å². The molecule has 66 valence electrons. The Morgan fingerprint density at radius 3 is 3.08 bits per heavy atom. The third-order valence-electron chi connectivity index (χ3n) is 1.75. The van der Waals surface area contributed by atoms with Crippen molar-refractivity contribution in [2.45, 2.75) is 13.0 Å². The number of aliphatic hydroxyl groups is 1. The van der Waals surface area contributed by atoms with E-state index in [9.17, 15) is 0 Å². The molecule has 1 atom stereocenters. The Kier molecular flexibility index (Phi) is 3.70. The summed E-state index contributed by atoms with van der Waals surface area (Å²) in [5, 5.41) is 11.7. The van der Waals surface area contributed by atoms with E-state index in [-0.39, 0.29) is 12.6 Å². The number of nitrogens with one attached hydrogen (secondary N) is 1. The Bertz CT molecular complexity index is 213. The Morgan fingerprint density at radius 1 is 1.67 bits per heavy atom. The summed E-state index contributed by atoms with van der Waals surface area (Å²) in [4.78, 5) is 4.01. The lowest BCUT2D eigenvalue weighted by Crippen LogP contribution is -2.22. The number of pyridine rings is 1. The van der Waals surface area contributed by atoms with E-state index in [4.69, 9.17) is 5.11 Å². The number of hydrogen-bond donors (Lipinski definition) is 2. The van der Waals surface area contributed by atoms with Crippen molar-refractivity contribution in [2.75, 3.05) is 13.2 Å². The van der Waals surface area contributed by atoms with E-state index in [0.717, 1.165) is 5.56 Å². The Morgan fingerprint density at radius 2 is 2.50 bits per heavy atom. The first-order valence-electron chi connectivity index (χ1n) is 4.08. The first-order chi connectivity index (χ1) is 5.84. The molecule has 0 amide bonds. The van der Waals surface area contributed by atoms with Crippen LogP contribution >= 0.6 is 0 Å². The lowest BCUT2D eigenvalue weighted by molar-refractivity contribution is 0.286. The first-order valence-corrected chi connectivity index (χ1v) is 4.08. The van der Waals surface area contributed by atoms with Gasteiger partial charge in [0.1, 0.15) is 0 Å². The van der Waals surface area contributed by atoms with Crippen molar-refractivity contribution in [1.82, 2.24) is 10.3 Å². The predicted octanol–water partition coefficient (Wildman–Crippen LogP) is 0.725. The van der Waals surface area contributed by atoms with Crippen LogP contribution in [0, 0.1) is 0 Å². The number of rotatable bonds is 4. The normalized spacial score (nSPS) is 12.8. The standard InChI is InChI=1S/C9H14N2O/c1-8(11-5-6-12)9-3-2-4-10-7-9/h2-4,7-8,11-12H,5-6H2,1H3. The summed E-state index contributed by atoms with van der Waals surface area (Å²) >= 11 is 0. The fourth-order valence-corrected chi connectivity index (χ4v) is 1.03. The van der Waals surface area contributed by atoms with E-state index in [1.165, 1.54) is 0 Å². The van der Waals surface area contributed by atoms with Crippen LogP contribution < -0.4 is 5.32 Å². The van der Waals surface area contributed by atoms with Gasteiger partial charge in [0.05, 0.1) is 6.61 Å². The third-order valence-corrected chi connectivity index (χ3v) is 1.75. The zero-order chi connectivity index (χ0) is 8.81. The van der Waals surface area contributed by atoms with Gasteiger partial charge in [-0.25, -0.2) is 0 Å². The molecule has 12 heavy (non-hydrogen) atoms. The molecule has 1 heterocycles. The highest BCUT2D eigenvalue weighted by Gasteiger charge is 2.01. The zero-order valence-corrected chi connectivity index (χ0v) is 7.20. The summed E-state index contributed by atoms with van der Waals surface area (Å²) in [6.45, 7) is 2.84. The van der Waals surface area contributed by atoms with Crippen molar-refractivity contribution in [3.8, 4) is 0 Å². The predicted molar refractivity (Wildman–Crippen MR) is 47.7 cm³/mol. The Balaban J connectivity index is 2.48. The van der Waals surface area contributed by atoms with Crippen LogP contribution in [0.15, 0.2) is 24.5 Å². The highest BCUT2D eigenvalue weighted by molar-refractivity contribution is 5.12. The van der Waals surface area contributed by atoms with E-state index in [0.29, 0.717) is 6.54 Å². The third kappa shape index (κ3) is 2.60. The first kappa shape index (κ1) is 9.16. The van der Waals surface area contributed by atoms with Crippen molar-refractivity contribution < 1.29 is 5.11 Å². The molecule has 0 aliphatic heterocycles. The van der Waals surface area contributed by atoms with Crippen LogP contribution in [-0.4, -0.2) is 23.2 Å². The summed E-state index contributed by atoms with van der Waals surface area (Å²) in [6.07, 6.45) is 3.58. The molecule has 1 aromatic heterocycles. The molecule has 0 aliphatic rings. The van der Waals surface area contributed by atoms with Crippen molar-refractivity contribution in [3.05, 3.63) is 30.1 Å². The van der Waals surface area contributed by atoms with Crippen LogP contribution in [0.5, 0.6) is 0 Å². The van der Waals surface area contributed by atoms with Crippen LogP contribution in [-0.2, 0) is 0 Å². The van der Waals surface area contributed by atoms with Gasteiger partial charge < -0.3 is 10.4 Å². The molecule has 1 rings (SSSR count). The molecule has 3 heteroatoms. The number of aliphatic hydroxyl groups excluding tert-OH is 1. The van der Waals surface area contributed by atoms with E-state index in [1.54, 1.807) is 6.20 Å². The largest absolute Gasteiger partial charge is 0.395 e. The lowest BCUT2D eigenvalue weighted by atomic mass is 10.1. The fraction of sp³-hybridized carbons (Fsp3) is 0.444. The lowest BCUT2D eigenvalue weighted by Gasteiger charge is -2.11. The van der Waals surface area contributed by atoms with Gasteiger partial charge >= 0.3 is 0 Å². The second kappa shape index (κ2) is 4.85. The van der Waals surface area contributed by atoms with Gasteiger partial charge in [0, 0.05) is 25.0 Å². The zero-order valence-electron chi connectivity index (χ0n) is 7.20. The number of hydrogen-bond acceptors (Lipinski definition) is 3. The van der Waals surface area contributed by atoms with Gasteiger partial charge in [-0.05, 0) is 18.6 Å². The SMILES string of the molecule is CC(NCCO)c1cccnc1. The monoisotopic (exact) mass is 166 g/mol. The molecular formula is C9H14N2O. The second-order valence-electron chi connectivity index (χ2n) is 2.69. The smallest absolute Gasteiger partial charge is 0.0556 e. The van der Waals surface area contributed by atoms with Gasteiger partial charge in [0.25, 0.3) is 0 Å². The molecule has 0 fully saturated rings. The van der Waals surface area contributed by atoms with E-state index < -0.39 is 0 Å². The van der Waals surface area contributed by atoms with Crippen LogP contribution in [0.4, 0.5) is 0 Å². The molecule has 1 aromatic rings. The molecule has 3 nitrogen and oxygen atoms in total. The molecule has 0 aromatic carbocycles. The van der Waals surface area contributed by atoms with E-state index >= 15 is 0 Å². The number of aromatic nitrogens is 1. The van der Waals surface area contributed by atoms with Gasteiger partial charge in [-0.3, -0.25) is 4.98 Å². The average Bonchev–Trinajstić information content (AvgIpc) is 2.15. The van der Waals surface area contributed by atoms with Gasteiger partial charge in [-0.1, -0.05) is 6.07 Å². The van der Waals surface area contributed by atoms with Crippen LogP contribution in [0.3, 0.4) is 0 Å². The maximum atomic E-state index is 8.58. The molecule has 0 bridgehead atoms. The fourth-order valence-electron chi connectivity index (χ4n) is 1.03. The molecule has 2 N–H and O–H groups in total. The van der Waals surface area contributed by atoms with E-state index in [2.05, 4.69) is 10.3 Å². The molecule has 0 saturated carbocycles. The Hall–Kier alpha value is -0.930. The van der Waals surface area contributed by atoms with Gasteiger partial charge in [-0.15, -0.1) is 0 Å². The summed E-state index contributed by atoms with van der Waals surface area (Å²) in [6, 6.07) is 4.18. The van der Waals surface area contributed by atoms with Crippen molar-refractivity contribution >= 4 is 0 Å². The molecule has 1 unspecified atom stereocenters. The summed E-state index contributed by atoms with van der Waals surface area (Å²) in [5.74, 6) is 0. The van der Waals surface area contributed by atoms with Crippen molar-refractivity contribution in [3.63, 3.8) is 0 Å². The molecular weight excluding hydrogens is 152 g/mol. The van der Waals surface area contributed by atoms with Gasteiger partial charge in [0.2, 0.25) is 0 Å². The molecule has 0 radical (unpaired) electrons. The van der Waals surface area contributed by atoms with Crippen molar-refractivity contribution in [1.29, 1.82) is 0 Å². The quantitative estimate of drug-likeness (QED) is 0.693. The minimum atomic E-state index is 0.171. The van der Waals surface area contributed by atoms with E-state index in [1.807, 2.05) is 25.3 Å². The second-order valence-corrected chi connectivity index (χ2v) is 2.69. The summed E-state index contributed by atoms with van der Waals surface area (Å²) < 4.78 is 0. The summed E-state index contributed by atoms with van der Waals surface area (Å²) in [7, 11) is 0. The average molecular weight is 166 g/mol. The summed E-state index contributed by atoms with van der Waals surface area (Å²) in [5.41, 5.74) is 1.14. The highest BCUT2D eigenvalue weighted by Crippen LogP contribution is 2.08. The maximum Gasteiger partial charge on any atom is 0.0556 e. The van der Waals surface area contributed by atoms with Gasteiger partial charge in [-0.2, -0.15) is 0 Å².